The Hall–Kier alpha value is -3.23. The van der Waals surface area contributed by atoms with Crippen molar-refractivity contribution in [3.8, 4) is 0 Å². The lowest BCUT2D eigenvalue weighted by molar-refractivity contribution is -0.921. The van der Waals surface area contributed by atoms with Gasteiger partial charge in [0.15, 0.2) is 6.61 Å². The highest BCUT2D eigenvalue weighted by atomic mass is 16.5. The summed E-state index contributed by atoms with van der Waals surface area (Å²) in [5, 5.41) is 2.72. The minimum absolute atomic E-state index is 0.105. The number of carbonyl (C=O) groups excluding carboxylic acids is 3. The summed E-state index contributed by atoms with van der Waals surface area (Å²) in [6, 6.07) is 14.3. The van der Waals surface area contributed by atoms with Crippen LogP contribution in [0.25, 0.3) is 0 Å². The van der Waals surface area contributed by atoms with E-state index >= 15 is 0 Å². The second-order valence-corrected chi connectivity index (χ2v) is 7.36. The molecular formula is C22H24N3O5+. The van der Waals surface area contributed by atoms with E-state index in [9.17, 15) is 14.4 Å². The number of morpholine rings is 1. The summed E-state index contributed by atoms with van der Waals surface area (Å²) in [5.41, 5.74) is 2.68. The normalized spacial score (nSPS) is 16.5. The highest BCUT2D eigenvalue weighted by Crippen LogP contribution is 2.28. The van der Waals surface area contributed by atoms with E-state index in [0.29, 0.717) is 16.9 Å². The summed E-state index contributed by atoms with van der Waals surface area (Å²) in [4.78, 5) is 39.6. The van der Waals surface area contributed by atoms with Gasteiger partial charge in [-0.1, -0.05) is 24.3 Å². The van der Waals surface area contributed by atoms with Crippen LogP contribution in [0, 0.1) is 0 Å². The topological polar surface area (TPSA) is 89.4 Å². The first-order valence-electron chi connectivity index (χ1n) is 9.97. The number of amides is 2. The number of benzene rings is 2. The Morgan fingerprint density at radius 3 is 2.57 bits per heavy atom. The number of ether oxygens (including phenoxy) is 2. The van der Waals surface area contributed by atoms with Crippen molar-refractivity contribution < 1.29 is 28.8 Å². The number of fused-ring (bicyclic) bond motifs is 1. The van der Waals surface area contributed by atoms with E-state index in [0.717, 1.165) is 38.4 Å². The zero-order chi connectivity index (χ0) is 20.9. The molecule has 1 saturated heterocycles. The van der Waals surface area contributed by atoms with Crippen molar-refractivity contribution in [3.05, 3.63) is 59.7 Å². The molecule has 0 spiro atoms. The van der Waals surface area contributed by atoms with Crippen LogP contribution in [0.4, 0.5) is 11.4 Å². The number of quaternary nitrogens is 1. The number of esters is 1. The Bertz CT molecular complexity index is 938. The van der Waals surface area contributed by atoms with Crippen LogP contribution >= 0.6 is 0 Å². The lowest BCUT2D eigenvalue weighted by Gasteiger charge is -2.28. The van der Waals surface area contributed by atoms with Gasteiger partial charge in [-0.25, -0.2) is 4.79 Å². The average Bonchev–Trinajstić information content (AvgIpc) is 2.78. The third-order valence-electron chi connectivity index (χ3n) is 5.24. The molecule has 1 fully saturated rings. The van der Waals surface area contributed by atoms with Gasteiger partial charge >= 0.3 is 5.97 Å². The Kier molecular flexibility index (Phi) is 6.06. The fourth-order valence-electron chi connectivity index (χ4n) is 3.63. The molecule has 0 bridgehead atoms. The van der Waals surface area contributed by atoms with Gasteiger partial charge in [0, 0.05) is 5.56 Å². The van der Waals surface area contributed by atoms with Crippen LogP contribution in [-0.4, -0.2) is 57.2 Å². The van der Waals surface area contributed by atoms with Crippen molar-refractivity contribution >= 4 is 29.2 Å². The second-order valence-electron chi connectivity index (χ2n) is 7.36. The molecule has 30 heavy (non-hydrogen) atoms. The van der Waals surface area contributed by atoms with Gasteiger partial charge in [0.1, 0.15) is 26.2 Å². The molecule has 0 saturated carbocycles. The molecule has 2 N–H and O–H groups in total. The van der Waals surface area contributed by atoms with Gasteiger partial charge in [-0.3, -0.25) is 14.5 Å². The summed E-state index contributed by atoms with van der Waals surface area (Å²) in [6.07, 6.45) is 0. The summed E-state index contributed by atoms with van der Waals surface area (Å²) in [7, 11) is 0. The van der Waals surface area contributed by atoms with E-state index < -0.39 is 18.5 Å². The van der Waals surface area contributed by atoms with Crippen molar-refractivity contribution in [3.63, 3.8) is 0 Å². The van der Waals surface area contributed by atoms with Crippen molar-refractivity contribution in [1.29, 1.82) is 0 Å². The summed E-state index contributed by atoms with van der Waals surface area (Å²) < 4.78 is 10.6. The minimum atomic E-state index is -0.566. The predicted octanol–water partition coefficient (Wildman–Crippen LogP) is 0.244. The number of nitrogens with zero attached hydrogens (tertiary/aromatic N) is 1. The molecular weight excluding hydrogens is 386 g/mol. The van der Waals surface area contributed by atoms with Crippen LogP contribution in [0.3, 0.4) is 0 Å². The Morgan fingerprint density at radius 1 is 1.07 bits per heavy atom. The zero-order valence-corrected chi connectivity index (χ0v) is 16.6. The molecule has 2 aromatic rings. The SMILES string of the molecule is O=C1CN(C(=O)COC(=O)c2ccc(C[NH+]3CCOCC3)cc2)c2ccccc2N1. The van der Waals surface area contributed by atoms with Gasteiger partial charge in [-0.15, -0.1) is 0 Å². The molecule has 2 amide bonds. The van der Waals surface area contributed by atoms with Gasteiger partial charge in [-0.2, -0.15) is 0 Å². The van der Waals surface area contributed by atoms with Crippen molar-refractivity contribution in [2.24, 2.45) is 0 Å². The standard InChI is InChI=1S/C22H23N3O5/c26-20-14-25(19-4-2-1-3-18(19)23-20)21(27)15-30-22(28)17-7-5-16(6-8-17)13-24-9-11-29-12-10-24/h1-8H,9-15H2,(H,23,26)/p+1. The van der Waals surface area contributed by atoms with Crippen LogP contribution in [0.2, 0.25) is 0 Å². The number of hydrogen-bond acceptors (Lipinski definition) is 5. The monoisotopic (exact) mass is 410 g/mol. The molecule has 4 rings (SSSR count). The van der Waals surface area contributed by atoms with E-state index in [2.05, 4.69) is 5.32 Å². The number of carbonyl (C=O) groups is 3. The highest BCUT2D eigenvalue weighted by molar-refractivity contribution is 6.10. The maximum Gasteiger partial charge on any atom is 0.338 e. The quantitative estimate of drug-likeness (QED) is 0.690. The molecule has 156 valence electrons. The number of nitrogens with one attached hydrogen (secondary N) is 2. The minimum Gasteiger partial charge on any atom is -0.452 e. The van der Waals surface area contributed by atoms with Crippen LogP contribution < -0.4 is 15.1 Å². The second kappa shape index (κ2) is 9.06. The Balaban J connectivity index is 1.33. The van der Waals surface area contributed by atoms with E-state index in [1.54, 1.807) is 36.4 Å². The molecule has 8 heteroatoms. The lowest BCUT2D eigenvalue weighted by atomic mass is 10.1. The van der Waals surface area contributed by atoms with Crippen molar-refractivity contribution in [2.75, 3.05) is 49.7 Å². The first-order valence-corrected chi connectivity index (χ1v) is 9.97. The molecule has 0 aliphatic carbocycles. The van der Waals surface area contributed by atoms with Gasteiger partial charge in [0.05, 0.1) is 30.2 Å². The number of rotatable bonds is 5. The van der Waals surface area contributed by atoms with E-state index in [4.69, 9.17) is 9.47 Å². The van der Waals surface area contributed by atoms with Gasteiger partial charge < -0.3 is 19.7 Å². The smallest absolute Gasteiger partial charge is 0.338 e. The van der Waals surface area contributed by atoms with E-state index in [-0.39, 0.29) is 12.5 Å². The fraction of sp³-hybridized carbons (Fsp3) is 0.318. The number of anilines is 2. The molecule has 0 atom stereocenters. The van der Waals surface area contributed by atoms with Crippen LogP contribution in [0.15, 0.2) is 48.5 Å². The summed E-state index contributed by atoms with van der Waals surface area (Å²) in [6.45, 7) is 3.85. The van der Waals surface area contributed by atoms with Crippen molar-refractivity contribution in [1.82, 2.24) is 0 Å². The van der Waals surface area contributed by atoms with Gasteiger partial charge in [-0.05, 0) is 24.3 Å². The van der Waals surface area contributed by atoms with Gasteiger partial charge in [0.25, 0.3) is 5.91 Å². The molecule has 2 heterocycles. The molecule has 2 aliphatic heterocycles. The van der Waals surface area contributed by atoms with Crippen LogP contribution in [0.5, 0.6) is 0 Å². The first kappa shape index (κ1) is 20.1. The number of hydrogen-bond donors (Lipinski definition) is 2. The zero-order valence-electron chi connectivity index (χ0n) is 16.6. The molecule has 8 nitrogen and oxygen atoms in total. The third kappa shape index (κ3) is 4.67. The van der Waals surface area contributed by atoms with Crippen LogP contribution in [-0.2, 0) is 25.6 Å². The maximum atomic E-state index is 12.6. The number of para-hydroxylation sites is 2. The van der Waals surface area contributed by atoms with Gasteiger partial charge in [0.2, 0.25) is 5.91 Å². The highest BCUT2D eigenvalue weighted by Gasteiger charge is 2.27. The first-order chi connectivity index (χ1) is 14.6. The molecule has 2 aromatic carbocycles. The molecule has 0 unspecified atom stereocenters. The van der Waals surface area contributed by atoms with Crippen LogP contribution in [0.1, 0.15) is 15.9 Å². The Labute approximate surface area is 174 Å². The Morgan fingerprint density at radius 2 is 1.80 bits per heavy atom. The average molecular weight is 410 g/mol. The maximum absolute atomic E-state index is 12.6. The lowest BCUT2D eigenvalue weighted by Crippen LogP contribution is -3.12. The summed E-state index contributed by atoms with van der Waals surface area (Å²) >= 11 is 0. The predicted molar refractivity (Wildman–Crippen MR) is 109 cm³/mol. The molecule has 2 aliphatic rings. The van der Waals surface area contributed by atoms with E-state index in [1.807, 2.05) is 12.1 Å². The fourth-order valence-corrected chi connectivity index (χ4v) is 3.63. The molecule has 0 radical (unpaired) electrons. The van der Waals surface area contributed by atoms with E-state index in [1.165, 1.54) is 9.80 Å². The summed E-state index contributed by atoms with van der Waals surface area (Å²) in [5.74, 6) is -1.30. The molecule has 0 aromatic heterocycles. The van der Waals surface area contributed by atoms with Crippen molar-refractivity contribution in [2.45, 2.75) is 6.54 Å². The third-order valence-corrected chi connectivity index (χ3v) is 5.24. The largest absolute Gasteiger partial charge is 0.452 e.